The molecule has 0 saturated heterocycles. The van der Waals surface area contributed by atoms with Gasteiger partial charge in [0.05, 0.1) is 0 Å². The zero-order valence-electron chi connectivity index (χ0n) is 10.8. The Balaban J connectivity index is 2.02. The molecule has 0 aliphatic rings. The van der Waals surface area contributed by atoms with E-state index < -0.39 is 21.0 Å². The van der Waals surface area contributed by atoms with Crippen LogP contribution < -0.4 is 10.5 Å². The number of hydrogen-bond donors (Lipinski definition) is 2. The second-order valence-electron chi connectivity index (χ2n) is 4.33. The average molecular weight is 294 g/mol. The summed E-state index contributed by atoms with van der Waals surface area (Å²) in [5.74, 6) is -0.596. The van der Waals surface area contributed by atoms with Crippen molar-refractivity contribution < 1.29 is 17.6 Å². The minimum absolute atomic E-state index is 0.0962. The van der Waals surface area contributed by atoms with Crippen LogP contribution in [-0.4, -0.2) is 14.3 Å². The fourth-order valence-electron chi connectivity index (χ4n) is 1.57. The van der Waals surface area contributed by atoms with Gasteiger partial charge in [-0.3, -0.25) is 4.79 Å². The second-order valence-corrected chi connectivity index (χ2v) is 5.82. The van der Waals surface area contributed by atoms with E-state index in [1.165, 1.54) is 6.07 Å². The summed E-state index contributed by atoms with van der Waals surface area (Å²) in [7, 11) is -3.93. The van der Waals surface area contributed by atoms with Crippen LogP contribution in [0.5, 0.6) is 0 Å². The van der Waals surface area contributed by atoms with Crippen molar-refractivity contribution in [2.45, 2.75) is 18.6 Å². The number of carbonyl (C=O) groups is 1. The van der Waals surface area contributed by atoms with Crippen LogP contribution in [0.15, 0.2) is 45.9 Å². The predicted octanol–water partition coefficient (Wildman–Crippen LogP) is 1.17. The van der Waals surface area contributed by atoms with E-state index in [2.05, 4.69) is 5.32 Å². The first-order valence-corrected chi connectivity index (χ1v) is 7.37. The van der Waals surface area contributed by atoms with Crippen LogP contribution in [0.3, 0.4) is 0 Å². The molecule has 0 unspecified atom stereocenters. The van der Waals surface area contributed by atoms with E-state index in [1.54, 1.807) is 0 Å². The molecule has 2 rings (SSSR count). The summed E-state index contributed by atoms with van der Waals surface area (Å²) < 4.78 is 27.0. The molecule has 0 atom stereocenters. The van der Waals surface area contributed by atoms with Gasteiger partial charge in [-0.25, -0.2) is 13.6 Å². The molecule has 3 N–H and O–H groups in total. The number of sulfonamides is 1. The molecule has 0 radical (unpaired) electrons. The minimum atomic E-state index is -3.93. The van der Waals surface area contributed by atoms with Crippen molar-refractivity contribution in [1.29, 1.82) is 0 Å². The summed E-state index contributed by atoms with van der Waals surface area (Å²) in [4.78, 5) is 11.8. The smallest absolute Gasteiger partial charge is 0.287 e. The van der Waals surface area contributed by atoms with Crippen LogP contribution in [0.1, 0.15) is 21.7 Å². The number of nitrogens with two attached hydrogens (primary N) is 1. The first-order chi connectivity index (χ1) is 9.36. The largest absolute Gasteiger partial charge is 0.438 e. The predicted molar refractivity (Wildman–Crippen MR) is 72.4 cm³/mol. The second kappa shape index (κ2) is 5.48. The minimum Gasteiger partial charge on any atom is -0.438 e. The molecule has 1 aromatic heterocycles. The number of benzene rings is 1. The van der Waals surface area contributed by atoms with E-state index in [1.807, 2.05) is 31.2 Å². The number of primary sulfonamides is 1. The summed E-state index contributed by atoms with van der Waals surface area (Å²) in [5.41, 5.74) is 2.06. The van der Waals surface area contributed by atoms with Gasteiger partial charge in [0.15, 0.2) is 5.76 Å². The van der Waals surface area contributed by atoms with Gasteiger partial charge < -0.3 is 9.73 Å². The Bertz CT molecular complexity index is 717. The number of nitrogens with one attached hydrogen (secondary N) is 1. The third-order valence-electron chi connectivity index (χ3n) is 2.66. The topological polar surface area (TPSA) is 102 Å². The quantitative estimate of drug-likeness (QED) is 0.883. The molecule has 0 saturated carbocycles. The Hall–Kier alpha value is -2.12. The molecule has 0 bridgehead atoms. The monoisotopic (exact) mass is 294 g/mol. The van der Waals surface area contributed by atoms with Gasteiger partial charge in [-0.1, -0.05) is 29.8 Å². The van der Waals surface area contributed by atoms with Crippen molar-refractivity contribution in [2.24, 2.45) is 5.14 Å². The van der Waals surface area contributed by atoms with Crippen molar-refractivity contribution in [2.75, 3.05) is 0 Å². The van der Waals surface area contributed by atoms with Crippen molar-refractivity contribution in [3.8, 4) is 0 Å². The van der Waals surface area contributed by atoms with Crippen LogP contribution in [-0.2, 0) is 16.6 Å². The molecule has 0 aliphatic carbocycles. The van der Waals surface area contributed by atoms with Gasteiger partial charge in [-0.2, -0.15) is 0 Å². The maximum absolute atomic E-state index is 11.8. The summed E-state index contributed by atoms with van der Waals surface area (Å²) in [5, 5.41) is 7.09. The van der Waals surface area contributed by atoms with Crippen LogP contribution in [0.2, 0.25) is 0 Å². The van der Waals surface area contributed by atoms with Gasteiger partial charge in [-0.05, 0) is 24.6 Å². The Labute approximate surface area is 116 Å². The molecular weight excluding hydrogens is 280 g/mol. The van der Waals surface area contributed by atoms with Gasteiger partial charge in [0.25, 0.3) is 15.9 Å². The molecule has 1 aromatic carbocycles. The lowest BCUT2D eigenvalue weighted by atomic mass is 10.1. The van der Waals surface area contributed by atoms with E-state index >= 15 is 0 Å². The van der Waals surface area contributed by atoms with Crippen molar-refractivity contribution in [3.63, 3.8) is 0 Å². The molecule has 20 heavy (non-hydrogen) atoms. The summed E-state index contributed by atoms with van der Waals surface area (Å²) in [6.45, 7) is 2.30. The molecule has 7 heteroatoms. The van der Waals surface area contributed by atoms with Crippen LogP contribution in [0, 0.1) is 6.92 Å². The number of aryl methyl sites for hydroxylation is 1. The third-order valence-corrected chi connectivity index (χ3v) is 3.44. The lowest BCUT2D eigenvalue weighted by Crippen LogP contribution is -2.22. The van der Waals surface area contributed by atoms with Crippen LogP contribution in [0.25, 0.3) is 0 Å². The molecule has 1 amide bonds. The van der Waals surface area contributed by atoms with Gasteiger partial charge in [0.2, 0.25) is 5.09 Å². The number of furan rings is 1. The molecule has 6 nitrogen and oxygen atoms in total. The number of rotatable bonds is 4. The number of hydrogen-bond acceptors (Lipinski definition) is 4. The van der Waals surface area contributed by atoms with Crippen molar-refractivity contribution in [3.05, 3.63) is 53.3 Å². The average Bonchev–Trinajstić information content (AvgIpc) is 2.87. The van der Waals surface area contributed by atoms with Crippen LogP contribution in [0.4, 0.5) is 0 Å². The number of carbonyl (C=O) groups excluding carboxylic acids is 1. The first kappa shape index (κ1) is 14.3. The maximum Gasteiger partial charge on any atom is 0.287 e. The highest BCUT2D eigenvalue weighted by Crippen LogP contribution is 2.12. The Morgan fingerprint density at radius 2 is 1.85 bits per heavy atom. The van der Waals surface area contributed by atoms with Gasteiger partial charge in [0.1, 0.15) is 0 Å². The molecule has 2 aromatic rings. The summed E-state index contributed by atoms with van der Waals surface area (Å²) in [6, 6.07) is 10.1. The number of amides is 1. The highest BCUT2D eigenvalue weighted by Gasteiger charge is 2.17. The van der Waals surface area contributed by atoms with E-state index in [0.29, 0.717) is 6.54 Å². The SMILES string of the molecule is Cc1ccc(CNC(=O)c2ccc(S(N)(=O)=O)o2)cc1. The normalized spacial score (nSPS) is 11.3. The Kier molecular flexibility index (Phi) is 3.91. The highest BCUT2D eigenvalue weighted by atomic mass is 32.2. The Morgan fingerprint density at radius 3 is 2.40 bits per heavy atom. The van der Waals surface area contributed by atoms with Gasteiger partial charge in [0, 0.05) is 6.54 Å². The Morgan fingerprint density at radius 1 is 1.20 bits per heavy atom. The van der Waals surface area contributed by atoms with E-state index in [4.69, 9.17) is 9.56 Å². The zero-order valence-corrected chi connectivity index (χ0v) is 11.6. The maximum atomic E-state index is 11.8. The fourth-order valence-corrected chi connectivity index (χ4v) is 2.03. The van der Waals surface area contributed by atoms with Crippen molar-refractivity contribution >= 4 is 15.9 Å². The lowest BCUT2D eigenvalue weighted by molar-refractivity contribution is 0.0918. The fraction of sp³-hybridized carbons (Fsp3) is 0.154. The third kappa shape index (κ3) is 3.46. The van der Waals surface area contributed by atoms with Crippen molar-refractivity contribution in [1.82, 2.24) is 5.32 Å². The summed E-state index contributed by atoms with van der Waals surface area (Å²) >= 11 is 0. The molecule has 0 spiro atoms. The van der Waals surface area contributed by atoms with E-state index in [9.17, 15) is 13.2 Å². The molecule has 0 aliphatic heterocycles. The van der Waals surface area contributed by atoms with Crippen LogP contribution >= 0.6 is 0 Å². The summed E-state index contributed by atoms with van der Waals surface area (Å²) in [6.07, 6.45) is 0. The standard InChI is InChI=1S/C13H14N2O4S/c1-9-2-4-10(5-3-9)8-15-13(16)11-6-7-12(19-11)20(14,17)18/h2-7H,8H2,1H3,(H,15,16)(H2,14,17,18). The van der Waals surface area contributed by atoms with Gasteiger partial charge >= 0.3 is 0 Å². The molecule has 106 valence electrons. The molecular formula is C13H14N2O4S. The molecule has 0 fully saturated rings. The first-order valence-electron chi connectivity index (χ1n) is 5.82. The zero-order chi connectivity index (χ0) is 14.8. The highest BCUT2D eigenvalue weighted by molar-refractivity contribution is 7.89. The van der Waals surface area contributed by atoms with E-state index in [-0.39, 0.29) is 5.76 Å². The lowest BCUT2D eigenvalue weighted by Gasteiger charge is -2.03. The van der Waals surface area contributed by atoms with Gasteiger partial charge in [-0.15, -0.1) is 0 Å². The molecule has 1 heterocycles. The van der Waals surface area contributed by atoms with E-state index in [0.717, 1.165) is 17.2 Å².